The van der Waals surface area contributed by atoms with E-state index in [4.69, 9.17) is 4.99 Å². The Hall–Kier alpha value is -6.29. The Morgan fingerprint density at radius 2 is 1.31 bits per heavy atom. The first-order valence-electron chi connectivity index (χ1n) is 15.8. The minimum Gasteiger partial charge on any atom is -0.309 e. The number of nitriles is 1. The molecule has 0 radical (unpaired) electrons. The monoisotopic (exact) mass is 632 g/mol. The van der Waals surface area contributed by atoms with Gasteiger partial charge in [0.05, 0.1) is 55.7 Å². The maximum atomic E-state index is 13.5. The van der Waals surface area contributed by atoms with Gasteiger partial charge in [0.1, 0.15) is 0 Å². The van der Waals surface area contributed by atoms with Crippen molar-refractivity contribution in [2.75, 3.05) is 0 Å². The Kier molecular flexibility index (Phi) is 5.66. The standard InChI is InChI=1S/C42H24N4OS/c43-25-26-14-18-29(19-15-26)48(47)30-20-16-28(17-21-30)46-38-23-22-32-31-10-5-7-13-37(31)45(27-8-2-1-3-9-27)41(32)40(38)34-24-36-39(42(34)46)33-11-4-6-12-35(33)44-36/h1-24H. The summed E-state index contributed by atoms with van der Waals surface area (Å²) in [5.41, 5.74) is 10.5. The summed E-state index contributed by atoms with van der Waals surface area (Å²) in [4.78, 5) is 6.44. The maximum Gasteiger partial charge on any atom is 0.0991 e. The summed E-state index contributed by atoms with van der Waals surface area (Å²) in [5, 5.41) is 14.9. The van der Waals surface area contributed by atoms with Gasteiger partial charge in [0.2, 0.25) is 0 Å². The zero-order chi connectivity index (χ0) is 31.9. The Morgan fingerprint density at radius 1 is 0.625 bits per heavy atom. The minimum absolute atomic E-state index is 0.547. The molecule has 0 saturated carbocycles. The topological polar surface area (TPSA) is 63.1 Å². The first-order valence-corrected chi connectivity index (χ1v) is 16.9. The van der Waals surface area contributed by atoms with E-state index in [1.807, 2.05) is 18.2 Å². The third-order valence-electron chi connectivity index (χ3n) is 9.51. The molecule has 6 heteroatoms. The van der Waals surface area contributed by atoms with Gasteiger partial charge in [-0.1, -0.05) is 60.7 Å². The van der Waals surface area contributed by atoms with E-state index < -0.39 is 10.8 Å². The molecular weight excluding hydrogens is 609 g/mol. The Morgan fingerprint density at radius 3 is 2.10 bits per heavy atom. The van der Waals surface area contributed by atoms with Gasteiger partial charge in [0.15, 0.2) is 0 Å². The fourth-order valence-corrected chi connectivity index (χ4v) is 8.50. The van der Waals surface area contributed by atoms with Crippen LogP contribution in [0.1, 0.15) is 16.8 Å². The van der Waals surface area contributed by atoms with E-state index in [2.05, 4.69) is 118 Å². The molecule has 1 atom stereocenters. The highest BCUT2D eigenvalue weighted by atomic mass is 32.2. The highest BCUT2D eigenvalue weighted by Gasteiger charge is 2.32. The molecule has 5 nitrogen and oxygen atoms in total. The van der Waals surface area contributed by atoms with Crippen LogP contribution in [0.4, 0.5) is 0 Å². The van der Waals surface area contributed by atoms with Gasteiger partial charge >= 0.3 is 0 Å². The molecule has 48 heavy (non-hydrogen) atoms. The Labute approximate surface area is 277 Å². The molecule has 8 aromatic rings. The van der Waals surface area contributed by atoms with E-state index in [0.29, 0.717) is 15.4 Å². The summed E-state index contributed by atoms with van der Waals surface area (Å²) in [6, 6.07) is 49.1. The molecule has 2 aliphatic rings. The van der Waals surface area contributed by atoms with Crippen LogP contribution in [0.5, 0.6) is 0 Å². The molecule has 1 aliphatic carbocycles. The van der Waals surface area contributed by atoms with Crippen molar-refractivity contribution < 1.29 is 4.21 Å². The third-order valence-corrected chi connectivity index (χ3v) is 10.9. The van der Waals surface area contributed by atoms with Gasteiger partial charge in [0, 0.05) is 53.7 Å². The van der Waals surface area contributed by atoms with E-state index in [-0.39, 0.29) is 0 Å². The third kappa shape index (κ3) is 3.71. The van der Waals surface area contributed by atoms with Crippen molar-refractivity contribution in [2.24, 2.45) is 4.99 Å². The normalized spacial score (nSPS) is 13.6. The van der Waals surface area contributed by atoms with Crippen LogP contribution in [-0.2, 0) is 10.8 Å². The first kappa shape index (κ1) is 26.9. The minimum atomic E-state index is -1.38. The van der Waals surface area contributed by atoms with Crippen LogP contribution in [0.3, 0.4) is 0 Å². The lowest BCUT2D eigenvalue weighted by molar-refractivity contribution is 0.683. The lowest BCUT2D eigenvalue weighted by Gasteiger charge is -2.13. The zero-order valence-corrected chi connectivity index (χ0v) is 26.3. The molecule has 0 spiro atoms. The summed E-state index contributed by atoms with van der Waals surface area (Å²) in [5.74, 6) is 0. The van der Waals surface area contributed by atoms with Crippen LogP contribution in [0, 0.1) is 11.3 Å². The van der Waals surface area contributed by atoms with Crippen molar-refractivity contribution in [2.45, 2.75) is 9.79 Å². The summed E-state index contributed by atoms with van der Waals surface area (Å²) in [6.45, 7) is 0. The van der Waals surface area contributed by atoms with Gasteiger partial charge in [-0.2, -0.15) is 5.26 Å². The molecule has 2 aromatic heterocycles. The molecule has 224 valence electrons. The fourth-order valence-electron chi connectivity index (χ4n) is 7.46. The number of nitrogens with zero attached hydrogens (tertiary/aromatic N) is 4. The lowest BCUT2D eigenvalue weighted by Crippen LogP contribution is -2.22. The molecule has 0 bridgehead atoms. The summed E-state index contributed by atoms with van der Waals surface area (Å²) < 4.78 is 18.3. The molecule has 1 aliphatic heterocycles. The van der Waals surface area contributed by atoms with E-state index in [0.717, 1.165) is 55.5 Å². The highest BCUT2D eigenvalue weighted by molar-refractivity contribution is 7.85. The number of aromatic nitrogens is 2. The van der Waals surface area contributed by atoms with Gasteiger partial charge in [-0.25, -0.2) is 9.20 Å². The molecule has 0 saturated heterocycles. The van der Waals surface area contributed by atoms with Crippen molar-refractivity contribution in [3.63, 3.8) is 0 Å². The number of hydrogen-bond acceptors (Lipinski definition) is 3. The molecule has 1 unspecified atom stereocenters. The molecule has 0 N–H and O–H groups in total. The largest absolute Gasteiger partial charge is 0.309 e. The van der Waals surface area contributed by atoms with E-state index >= 15 is 0 Å². The molecule has 6 aromatic carbocycles. The van der Waals surface area contributed by atoms with E-state index in [1.165, 1.54) is 21.7 Å². The van der Waals surface area contributed by atoms with Crippen molar-refractivity contribution in [3.05, 3.63) is 173 Å². The smallest absolute Gasteiger partial charge is 0.0991 e. The first-order chi connectivity index (χ1) is 23.7. The Bertz CT molecular complexity index is 2890. The number of allylic oxidation sites excluding steroid dienone is 1. The summed E-state index contributed by atoms with van der Waals surface area (Å²) in [7, 11) is -1.38. The van der Waals surface area contributed by atoms with Gasteiger partial charge in [0.25, 0.3) is 0 Å². The van der Waals surface area contributed by atoms with Crippen molar-refractivity contribution >= 4 is 55.2 Å². The molecule has 3 heterocycles. The second-order valence-electron chi connectivity index (χ2n) is 12.1. The van der Waals surface area contributed by atoms with Gasteiger partial charge < -0.3 is 9.13 Å². The average Bonchev–Trinajstić information content (AvgIpc) is 3.87. The second-order valence-corrected chi connectivity index (χ2v) is 13.6. The lowest BCUT2D eigenvalue weighted by atomic mass is 10.1. The predicted octanol–water partition coefficient (Wildman–Crippen LogP) is 7.95. The predicted molar refractivity (Wildman–Crippen MR) is 191 cm³/mol. The van der Waals surface area contributed by atoms with Crippen LogP contribution >= 0.6 is 0 Å². The molecular formula is C42H24N4OS. The van der Waals surface area contributed by atoms with Crippen LogP contribution in [0.2, 0.25) is 0 Å². The van der Waals surface area contributed by atoms with Gasteiger partial charge in [-0.05, 0) is 84.9 Å². The van der Waals surface area contributed by atoms with Crippen molar-refractivity contribution in [1.29, 1.82) is 5.26 Å². The van der Waals surface area contributed by atoms with Crippen LogP contribution < -0.4 is 10.6 Å². The maximum absolute atomic E-state index is 13.5. The quantitative estimate of drug-likeness (QED) is 0.198. The average molecular weight is 633 g/mol. The number of fused-ring (bicyclic) bond motifs is 10. The van der Waals surface area contributed by atoms with Gasteiger partial charge in [-0.3, -0.25) is 0 Å². The van der Waals surface area contributed by atoms with E-state index in [1.54, 1.807) is 24.3 Å². The van der Waals surface area contributed by atoms with E-state index in [9.17, 15) is 9.47 Å². The second kappa shape index (κ2) is 10.1. The molecule has 0 amide bonds. The van der Waals surface area contributed by atoms with Crippen molar-refractivity contribution in [1.82, 2.24) is 9.13 Å². The fraction of sp³-hybridized carbons (Fsp3) is 0. The van der Waals surface area contributed by atoms with Crippen LogP contribution in [0.25, 0.3) is 55.7 Å². The summed E-state index contributed by atoms with van der Waals surface area (Å²) >= 11 is 0. The van der Waals surface area contributed by atoms with Crippen LogP contribution in [-0.4, -0.2) is 13.3 Å². The zero-order valence-electron chi connectivity index (χ0n) is 25.5. The number of para-hydroxylation sites is 3. The number of rotatable bonds is 4. The molecule has 10 rings (SSSR count). The number of hydrogen-bond donors (Lipinski definition) is 0. The SMILES string of the molecule is N#Cc1ccc(S(=O)c2ccc(-n3c4c(c5c3ccc3c6ccccc6n(-c6ccccc6)c35)C=C3N=c5ccccc5=C34)cc2)cc1. The molecule has 0 fully saturated rings. The number of benzene rings is 6. The van der Waals surface area contributed by atoms with Crippen molar-refractivity contribution in [3.8, 4) is 17.4 Å². The van der Waals surface area contributed by atoms with Crippen LogP contribution in [0.15, 0.2) is 160 Å². The van der Waals surface area contributed by atoms with Gasteiger partial charge in [-0.15, -0.1) is 0 Å². The Balaban J connectivity index is 1.27. The highest BCUT2D eigenvalue weighted by Crippen LogP contribution is 2.47. The summed E-state index contributed by atoms with van der Waals surface area (Å²) in [6.07, 6.45) is 2.25.